The van der Waals surface area contributed by atoms with Crippen molar-refractivity contribution in [3.8, 4) is 0 Å². The summed E-state index contributed by atoms with van der Waals surface area (Å²) < 4.78 is 27.0. The van der Waals surface area contributed by atoms with Crippen molar-refractivity contribution >= 4 is 15.7 Å². The highest BCUT2D eigenvalue weighted by atomic mass is 32.2. The number of hydrogen-bond acceptors (Lipinski definition) is 4. The van der Waals surface area contributed by atoms with Gasteiger partial charge in [0.15, 0.2) is 0 Å². The standard InChI is InChI=1S/C16H24N4O2S/c1-12-4-7-20-14(10-18-16(20)8-12)9-17-15-5-6-19(11-13(15)2)23(3,21)22/h4,7-8,10,13,15,17H,5-6,9,11H2,1-3H3/t13-,15+/m0/s1. The molecule has 1 aliphatic rings. The van der Waals surface area contributed by atoms with Gasteiger partial charge in [0.2, 0.25) is 10.0 Å². The summed E-state index contributed by atoms with van der Waals surface area (Å²) in [6.45, 7) is 6.07. The summed E-state index contributed by atoms with van der Waals surface area (Å²) in [4.78, 5) is 4.44. The molecule has 3 rings (SSSR count). The van der Waals surface area contributed by atoms with Crippen LogP contribution >= 0.6 is 0 Å². The molecule has 1 saturated heterocycles. The molecule has 1 fully saturated rings. The molecule has 126 valence electrons. The van der Waals surface area contributed by atoms with Gasteiger partial charge in [-0.2, -0.15) is 0 Å². The molecule has 23 heavy (non-hydrogen) atoms. The first-order chi connectivity index (χ1) is 10.8. The van der Waals surface area contributed by atoms with Crippen molar-refractivity contribution in [1.29, 1.82) is 0 Å². The highest BCUT2D eigenvalue weighted by molar-refractivity contribution is 7.88. The first-order valence-electron chi connectivity index (χ1n) is 7.95. The van der Waals surface area contributed by atoms with Crippen LogP contribution in [0.4, 0.5) is 0 Å². The van der Waals surface area contributed by atoms with Gasteiger partial charge >= 0.3 is 0 Å². The zero-order chi connectivity index (χ0) is 16.6. The molecular formula is C16H24N4O2S. The molecule has 0 amide bonds. The number of hydrogen-bond donors (Lipinski definition) is 1. The average molecular weight is 336 g/mol. The Hall–Kier alpha value is -1.44. The second kappa shape index (κ2) is 6.22. The number of rotatable bonds is 4. The molecule has 7 heteroatoms. The minimum absolute atomic E-state index is 0.292. The fourth-order valence-corrected chi connectivity index (χ4v) is 4.16. The molecule has 0 aliphatic carbocycles. The third-order valence-corrected chi connectivity index (χ3v) is 5.90. The first kappa shape index (κ1) is 16.4. The van der Waals surface area contributed by atoms with E-state index in [-0.39, 0.29) is 0 Å². The van der Waals surface area contributed by atoms with Crippen molar-refractivity contribution in [2.24, 2.45) is 5.92 Å². The van der Waals surface area contributed by atoms with Gasteiger partial charge in [-0.1, -0.05) is 6.92 Å². The number of sulfonamides is 1. The average Bonchev–Trinajstić information content (AvgIpc) is 2.87. The van der Waals surface area contributed by atoms with Gasteiger partial charge in [0.25, 0.3) is 0 Å². The van der Waals surface area contributed by atoms with E-state index < -0.39 is 10.0 Å². The maximum Gasteiger partial charge on any atom is 0.211 e. The Morgan fingerprint density at radius 1 is 1.43 bits per heavy atom. The topological polar surface area (TPSA) is 66.7 Å². The Morgan fingerprint density at radius 2 is 2.22 bits per heavy atom. The van der Waals surface area contributed by atoms with Crippen molar-refractivity contribution < 1.29 is 8.42 Å². The molecule has 0 unspecified atom stereocenters. The smallest absolute Gasteiger partial charge is 0.211 e. The van der Waals surface area contributed by atoms with Crippen LogP contribution in [-0.4, -0.2) is 47.5 Å². The van der Waals surface area contributed by atoms with Gasteiger partial charge in [0, 0.05) is 31.9 Å². The highest BCUT2D eigenvalue weighted by Gasteiger charge is 2.30. The third kappa shape index (κ3) is 3.57. The monoisotopic (exact) mass is 336 g/mol. The van der Waals surface area contributed by atoms with Crippen molar-refractivity contribution in [2.45, 2.75) is 32.9 Å². The van der Waals surface area contributed by atoms with E-state index in [1.54, 1.807) is 4.31 Å². The number of imidazole rings is 1. The van der Waals surface area contributed by atoms with Crippen LogP contribution < -0.4 is 5.32 Å². The number of aromatic nitrogens is 2. The summed E-state index contributed by atoms with van der Waals surface area (Å²) in [6.07, 6.45) is 6.07. The Labute approximate surface area is 137 Å². The fourth-order valence-electron chi connectivity index (χ4n) is 3.21. The zero-order valence-corrected chi connectivity index (χ0v) is 14.7. The molecule has 0 aromatic carbocycles. The van der Waals surface area contributed by atoms with Crippen LogP contribution in [0.1, 0.15) is 24.6 Å². The predicted octanol–water partition coefficient (Wildman–Crippen LogP) is 1.40. The molecular weight excluding hydrogens is 312 g/mol. The summed E-state index contributed by atoms with van der Waals surface area (Å²) in [5.41, 5.74) is 3.28. The summed E-state index contributed by atoms with van der Waals surface area (Å²) in [6, 6.07) is 4.46. The lowest BCUT2D eigenvalue weighted by Crippen LogP contribution is -2.49. The van der Waals surface area contributed by atoms with E-state index in [9.17, 15) is 8.42 Å². The Morgan fingerprint density at radius 3 is 2.91 bits per heavy atom. The number of piperidine rings is 1. The van der Waals surface area contributed by atoms with Crippen LogP contribution in [-0.2, 0) is 16.6 Å². The molecule has 1 aliphatic heterocycles. The summed E-state index contributed by atoms with van der Waals surface area (Å²) in [5, 5.41) is 3.57. The molecule has 0 radical (unpaired) electrons. The van der Waals surface area contributed by atoms with Crippen molar-refractivity contribution in [2.75, 3.05) is 19.3 Å². The van der Waals surface area contributed by atoms with Crippen molar-refractivity contribution in [3.05, 3.63) is 35.8 Å². The molecule has 1 N–H and O–H groups in total. The Balaban J connectivity index is 1.64. The quantitative estimate of drug-likeness (QED) is 0.916. The Bertz CT molecular complexity index is 800. The number of aryl methyl sites for hydroxylation is 1. The molecule has 0 bridgehead atoms. The molecule has 3 heterocycles. The van der Waals surface area contributed by atoms with Crippen LogP contribution in [0.25, 0.3) is 5.65 Å². The molecule has 2 aromatic heterocycles. The van der Waals surface area contributed by atoms with Crippen molar-refractivity contribution in [3.63, 3.8) is 0 Å². The SMILES string of the molecule is Cc1ccn2c(CN[C@@H]3CCN(S(C)(=O)=O)C[C@@H]3C)cnc2c1. The van der Waals surface area contributed by atoms with Crippen LogP contribution in [0.2, 0.25) is 0 Å². The zero-order valence-electron chi connectivity index (χ0n) is 13.9. The minimum Gasteiger partial charge on any atom is -0.308 e. The lowest BCUT2D eigenvalue weighted by Gasteiger charge is -2.36. The Kier molecular flexibility index (Phi) is 4.44. The first-order valence-corrected chi connectivity index (χ1v) is 9.80. The fraction of sp³-hybridized carbons (Fsp3) is 0.562. The lowest BCUT2D eigenvalue weighted by molar-refractivity contribution is 0.219. The van der Waals surface area contributed by atoms with E-state index in [0.29, 0.717) is 25.0 Å². The third-order valence-electron chi connectivity index (χ3n) is 4.63. The molecule has 2 atom stereocenters. The second-order valence-corrected chi connectivity index (χ2v) is 8.54. The predicted molar refractivity (Wildman–Crippen MR) is 90.8 cm³/mol. The van der Waals surface area contributed by atoms with Gasteiger partial charge in [-0.3, -0.25) is 0 Å². The number of nitrogens with one attached hydrogen (secondary N) is 1. The normalized spacial score (nSPS) is 23.4. The number of pyridine rings is 1. The van der Waals surface area contributed by atoms with Gasteiger partial charge in [-0.15, -0.1) is 0 Å². The highest BCUT2D eigenvalue weighted by Crippen LogP contribution is 2.19. The summed E-state index contributed by atoms with van der Waals surface area (Å²) >= 11 is 0. The van der Waals surface area contributed by atoms with Crippen LogP contribution in [0.5, 0.6) is 0 Å². The van der Waals surface area contributed by atoms with Gasteiger partial charge in [0.1, 0.15) is 5.65 Å². The largest absolute Gasteiger partial charge is 0.308 e. The second-order valence-electron chi connectivity index (χ2n) is 6.56. The van der Waals surface area contributed by atoms with Gasteiger partial charge in [-0.05, 0) is 37.0 Å². The molecule has 6 nitrogen and oxygen atoms in total. The van der Waals surface area contributed by atoms with E-state index in [0.717, 1.165) is 24.3 Å². The van der Waals surface area contributed by atoms with Crippen LogP contribution in [0.3, 0.4) is 0 Å². The van der Waals surface area contributed by atoms with Gasteiger partial charge < -0.3 is 9.72 Å². The molecule has 0 spiro atoms. The number of nitrogens with zero attached hydrogens (tertiary/aromatic N) is 3. The van der Waals surface area contributed by atoms with E-state index in [1.807, 2.05) is 12.4 Å². The van der Waals surface area contributed by atoms with Crippen LogP contribution in [0, 0.1) is 12.8 Å². The molecule has 0 saturated carbocycles. The van der Waals surface area contributed by atoms with Crippen LogP contribution in [0.15, 0.2) is 24.5 Å². The maximum atomic E-state index is 11.7. The molecule has 2 aromatic rings. The van der Waals surface area contributed by atoms with E-state index >= 15 is 0 Å². The lowest BCUT2D eigenvalue weighted by atomic mass is 9.95. The van der Waals surface area contributed by atoms with E-state index in [1.165, 1.54) is 11.8 Å². The van der Waals surface area contributed by atoms with Gasteiger partial charge in [0.05, 0.1) is 18.1 Å². The minimum atomic E-state index is -3.08. The summed E-state index contributed by atoms with van der Waals surface area (Å²) in [7, 11) is -3.08. The maximum absolute atomic E-state index is 11.7. The van der Waals surface area contributed by atoms with Gasteiger partial charge in [-0.25, -0.2) is 17.7 Å². The van der Waals surface area contributed by atoms with E-state index in [2.05, 4.69) is 40.7 Å². The van der Waals surface area contributed by atoms with E-state index in [4.69, 9.17) is 0 Å². The number of fused-ring (bicyclic) bond motifs is 1. The summed E-state index contributed by atoms with van der Waals surface area (Å²) in [5.74, 6) is 0.292. The van der Waals surface area contributed by atoms with Crippen molar-refractivity contribution in [1.82, 2.24) is 19.0 Å².